The summed E-state index contributed by atoms with van der Waals surface area (Å²) >= 11 is 0. The van der Waals surface area contributed by atoms with Gasteiger partial charge in [0.05, 0.1) is 6.61 Å². The maximum absolute atomic E-state index is 9.77. The second-order valence-corrected chi connectivity index (χ2v) is 1.10. The normalized spacial score (nSPS) is 8.62. The van der Waals surface area contributed by atoms with E-state index in [0.29, 0.717) is 0 Å². The summed E-state index contributed by atoms with van der Waals surface area (Å²) in [5.41, 5.74) is 4.57. The molecule has 0 aromatic heterocycles. The lowest BCUT2D eigenvalue weighted by Crippen LogP contribution is -2.14. The Morgan fingerprint density at radius 2 is 2.50 bits per heavy atom. The number of primary amides is 1. The van der Waals surface area contributed by atoms with Gasteiger partial charge in [-0.2, -0.15) is 0 Å². The van der Waals surface area contributed by atoms with Crippen LogP contribution in [0.5, 0.6) is 0 Å². The molecule has 4 heteroatoms. The molecule has 1 radical (unpaired) electrons. The largest absolute Gasteiger partial charge is 0.449 e. The maximum atomic E-state index is 9.77. The first-order valence-corrected chi connectivity index (χ1v) is 2.12. The van der Waals surface area contributed by atoms with E-state index >= 15 is 0 Å². The van der Waals surface area contributed by atoms with E-state index in [4.69, 9.17) is 5.11 Å². The summed E-state index contributed by atoms with van der Waals surface area (Å²) in [4.78, 5) is 9.77. The third-order valence-electron chi connectivity index (χ3n) is 0.473. The van der Waals surface area contributed by atoms with E-state index in [1.165, 1.54) is 6.42 Å². The fraction of sp³-hybridized carbons (Fsp3) is 0.500. The SMILES string of the molecule is NC(=O)OC[CH]CO. The summed E-state index contributed by atoms with van der Waals surface area (Å²) in [6, 6.07) is 0. The van der Waals surface area contributed by atoms with Gasteiger partial charge in [-0.25, -0.2) is 4.79 Å². The van der Waals surface area contributed by atoms with E-state index < -0.39 is 6.09 Å². The Morgan fingerprint density at radius 3 is 2.88 bits per heavy atom. The van der Waals surface area contributed by atoms with Crippen LogP contribution in [0.4, 0.5) is 4.79 Å². The van der Waals surface area contributed by atoms with Crippen LogP contribution in [-0.2, 0) is 4.74 Å². The van der Waals surface area contributed by atoms with Gasteiger partial charge in [0.25, 0.3) is 0 Å². The number of nitrogens with two attached hydrogens (primary N) is 1. The fourth-order valence-corrected chi connectivity index (χ4v) is 0.194. The molecule has 0 saturated heterocycles. The van der Waals surface area contributed by atoms with Crippen LogP contribution in [-0.4, -0.2) is 24.4 Å². The van der Waals surface area contributed by atoms with Crippen molar-refractivity contribution in [3.05, 3.63) is 6.42 Å². The van der Waals surface area contributed by atoms with Crippen molar-refractivity contribution in [1.82, 2.24) is 0 Å². The average molecular weight is 118 g/mol. The number of ether oxygens (including phenoxy) is 1. The topological polar surface area (TPSA) is 72.6 Å². The van der Waals surface area contributed by atoms with Crippen molar-refractivity contribution in [1.29, 1.82) is 0 Å². The molecule has 3 N–H and O–H groups in total. The Kier molecular flexibility index (Phi) is 3.97. The Bertz CT molecular complexity index is 73.7. The predicted octanol–water partition coefficient (Wildman–Crippen LogP) is -0.722. The Hall–Kier alpha value is -0.770. The van der Waals surface area contributed by atoms with Crippen molar-refractivity contribution in [3.63, 3.8) is 0 Å². The van der Waals surface area contributed by atoms with Crippen LogP contribution in [0.3, 0.4) is 0 Å². The first-order valence-electron chi connectivity index (χ1n) is 2.12. The molecule has 47 valence electrons. The van der Waals surface area contributed by atoms with Gasteiger partial charge in [0, 0.05) is 13.0 Å². The van der Waals surface area contributed by atoms with Crippen molar-refractivity contribution in [3.8, 4) is 0 Å². The third-order valence-corrected chi connectivity index (χ3v) is 0.473. The van der Waals surface area contributed by atoms with Gasteiger partial charge in [0.2, 0.25) is 0 Å². The van der Waals surface area contributed by atoms with Gasteiger partial charge in [-0.3, -0.25) is 0 Å². The lowest BCUT2D eigenvalue weighted by molar-refractivity contribution is 0.161. The first kappa shape index (κ1) is 7.23. The molecule has 0 spiro atoms. The Labute approximate surface area is 47.2 Å². The number of rotatable bonds is 3. The monoisotopic (exact) mass is 118 g/mol. The molecule has 0 heterocycles. The smallest absolute Gasteiger partial charge is 0.404 e. The van der Waals surface area contributed by atoms with Gasteiger partial charge in [-0.05, 0) is 0 Å². The summed E-state index contributed by atoms with van der Waals surface area (Å²) in [6.07, 6.45) is 0.555. The number of aliphatic hydroxyl groups is 1. The molecule has 0 rings (SSSR count). The molecular weight excluding hydrogens is 110 g/mol. The lowest BCUT2D eigenvalue weighted by Gasteiger charge is -1.95. The summed E-state index contributed by atoms with van der Waals surface area (Å²) < 4.78 is 4.21. The molecule has 1 amide bonds. The van der Waals surface area contributed by atoms with E-state index in [1.54, 1.807) is 0 Å². The van der Waals surface area contributed by atoms with Crippen LogP contribution < -0.4 is 5.73 Å². The highest BCUT2D eigenvalue weighted by Gasteiger charge is 1.89. The lowest BCUT2D eigenvalue weighted by atomic mass is 10.5. The van der Waals surface area contributed by atoms with Crippen molar-refractivity contribution in [2.24, 2.45) is 5.73 Å². The van der Waals surface area contributed by atoms with Crippen LogP contribution in [0.25, 0.3) is 0 Å². The number of carbonyl (C=O) groups excluding carboxylic acids is 1. The summed E-state index contributed by atoms with van der Waals surface area (Å²) in [6.45, 7) is -0.0287. The van der Waals surface area contributed by atoms with Crippen molar-refractivity contribution >= 4 is 6.09 Å². The number of amides is 1. The summed E-state index contributed by atoms with van der Waals surface area (Å²) in [7, 11) is 0. The quantitative estimate of drug-likeness (QED) is 0.480. The zero-order valence-electron chi connectivity index (χ0n) is 4.33. The highest BCUT2D eigenvalue weighted by Crippen LogP contribution is 1.76. The fourth-order valence-electron chi connectivity index (χ4n) is 0.194. The zero-order chi connectivity index (χ0) is 6.41. The second-order valence-electron chi connectivity index (χ2n) is 1.10. The molecule has 0 unspecified atom stereocenters. The van der Waals surface area contributed by atoms with Gasteiger partial charge in [-0.15, -0.1) is 0 Å². The van der Waals surface area contributed by atoms with E-state index in [1.807, 2.05) is 0 Å². The standard InChI is InChI=1S/C4H8NO3/c5-4(7)8-3-1-2-6/h1,6H,2-3H2,(H2,5,7). The zero-order valence-corrected chi connectivity index (χ0v) is 4.33. The van der Waals surface area contributed by atoms with Crippen LogP contribution in [0, 0.1) is 6.42 Å². The molecule has 0 fully saturated rings. The van der Waals surface area contributed by atoms with Gasteiger partial charge in [0.1, 0.15) is 0 Å². The van der Waals surface area contributed by atoms with Gasteiger partial charge in [0.15, 0.2) is 0 Å². The number of hydrogen-bond donors (Lipinski definition) is 2. The maximum Gasteiger partial charge on any atom is 0.404 e. The Morgan fingerprint density at radius 1 is 1.88 bits per heavy atom. The highest BCUT2D eigenvalue weighted by molar-refractivity contribution is 5.64. The van der Waals surface area contributed by atoms with E-state index in [-0.39, 0.29) is 13.2 Å². The Balaban J connectivity index is 2.82. The minimum atomic E-state index is -0.824. The van der Waals surface area contributed by atoms with Crippen LogP contribution in [0.2, 0.25) is 0 Å². The molecule has 4 nitrogen and oxygen atoms in total. The molecule has 0 aliphatic rings. The third kappa shape index (κ3) is 5.23. The molecule has 8 heavy (non-hydrogen) atoms. The summed E-state index contributed by atoms with van der Waals surface area (Å²) in [5, 5.41) is 8.09. The predicted molar refractivity (Wildman–Crippen MR) is 26.9 cm³/mol. The van der Waals surface area contributed by atoms with Crippen molar-refractivity contribution in [2.75, 3.05) is 13.2 Å². The molecule has 0 saturated carbocycles. The molecule has 0 aromatic carbocycles. The second kappa shape index (κ2) is 4.39. The molecule has 0 atom stereocenters. The summed E-state index contributed by atoms with van der Waals surface area (Å²) in [5.74, 6) is 0. The minimum Gasteiger partial charge on any atom is -0.449 e. The number of aliphatic hydroxyl groups excluding tert-OH is 1. The van der Waals surface area contributed by atoms with Crippen LogP contribution in [0.1, 0.15) is 0 Å². The van der Waals surface area contributed by atoms with E-state index in [9.17, 15) is 4.79 Å². The van der Waals surface area contributed by atoms with E-state index in [0.717, 1.165) is 0 Å². The number of carbonyl (C=O) groups is 1. The van der Waals surface area contributed by atoms with E-state index in [2.05, 4.69) is 10.5 Å². The van der Waals surface area contributed by atoms with Crippen LogP contribution in [0.15, 0.2) is 0 Å². The molecule has 0 aliphatic heterocycles. The first-order chi connectivity index (χ1) is 3.77. The van der Waals surface area contributed by atoms with Crippen LogP contribution >= 0.6 is 0 Å². The van der Waals surface area contributed by atoms with Gasteiger partial charge in [-0.1, -0.05) is 0 Å². The molecule has 0 aromatic rings. The van der Waals surface area contributed by atoms with Crippen molar-refractivity contribution in [2.45, 2.75) is 0 Å². The number of hydrogen-bond acceptors (Lipinski definition) is 3. The highest BCUT2D eigenvalue weighted by atomic mass is 16.5. The molecule has 0 bridgehead atoms. The molecular formula is C4H8NO3. The average Bonchev–Trinajstić information content (AvgIpc) is 1.66. The minimum absolute atomic E-state index is 0.0752. The molecule has 0 aliphatic carbocycles. The van der Waals surface area contributed by atoms with Gasteiger partial charge < -0.3 is 15.6 Å². The van der Waals surface area contributed by atoms with Gasteiger partial charge >= 0.3 is 6.09 Å². The van der Waals surface area contributed by atoms with Crippen molar-refractivity contribution < 1.29 is 14.6 Å².